The lowest BCUT2D eigenvalue weighted by atomic mass is 9.97. The maximum atomic E-state index is 11.1. The van der Waals surface area contributed by atoms with Gasteiger partial charge in [-0.25, -0.2) is 0 Å². The number of hydrogen-bond donors (Lipinski definition) is 4. The van der Waals surface area contributed by atoms with Gasteiger partial charge in [-0.3, -0.25) is 4.79 Å². The van der Waals surface area contributed by atoms with Crippen molar-refractivity contribution < 1.29 is 29.6 Å². The predicted molar refractivity (Wildman–Crippen MR) is 61.5 cm³/mol. The van der Waals surface area contributed by atoms with E-state index in [1.54, 1.807) is 0 Å². The van der Waals surface area contributed by atoms with E-state index in [-0.39, 0.29) is 12.5 Å². The number of hydrogen-bond acceptors (Lipinski definition) is 6. The first-order valence-corrected chi connectivity index (χ1v) is 5.63. The second kappa shape index (κ2) is 6.81. The Kier molecular flexibility index (Phi) is 5.70. The summed E-state index contributed by atoms with van der Waals surface area (Å²) >= 11 is 0. The summed E-state index contributed by atoms with van der Waals surface area (Å²) < 4.78 is 10.5. The Labute approximate surface area is 105 Å². The van der Waals surface area contributed by atoms with E-state index >= 15 is 0 Å². The molecule has 0 aliphatic carbocycles. The van der Waals surface area contributed by atoms with Gasteiger partial charge in [-0.05, 0) is 0 Å². The molecule has 7 nitrogen and oxygen atoms in total. The fourth-order valence-corrected chi connectivity index (χ4v) is 1.78. The molecule has 4 N–H and O–H groups in total. The molecule has 0 radical (unpaired) electrons. The summed E-state index contributed by atoms with van der Waals surface area (Å²) in [7, 11) is 0. The van der Waals surface area contributed by atoms with Crippen molar-refractivity contribution in [1.82, 2.24) is 5.32 Å². The van der Waals surface area contributed by atoms with Crippen molar-refractivity contribution in [3.8, 4) is 0 Å². The van der Waals surface area contributed by atoms with E-state index in [1.165, 1.54) is 13.0 Å². The summed E-state index contributed by atoms with van der Waals surface area (Å²) in [5.74, 6) is -0.385. The molecule has 0 saturated carbocycles. The number of aliphatic hydroxyl groups excluding tert-OH is 3. The van der Waals surface area contributed by atoms with Crippen LogP contribution >= 0.6 is 0 Å². The average Bonchev–Trinajstić information content (AvgIpc) is 2.33. The molecule has 1 aliphatic rings. The summed E-state index contributed by atoms with van der Waals surface area (Å²) in [6.45, 7) is 4.45. The van der Waals surface area contributed by atoms with Crippen LogP contribution in [0.4, 0.5) is 0 Å². The fraction of sp³-hybridized carbons (Fsp3) is 0.727. The number of carbonyl (C=O) groups is 1. The molecule has 5 atom stereocenters. The summed E-state index contributed by atoms with van der Waals surface area (Å²) in [5, 5.41) is 31.1. The van der Waals surface area contributed by atoms with Crippen molar-refractivity contribution in [2.45, 2.75) is 37.6 Å². The van der Waals surface area contributed by atoms with Gasteiger partial charge in [-0.15, -0.1) is 6.58 Å². The molecule has 1 amide bonds. The molecule has 0 aromatic carbocycles. The van der Waals surface area contributed by atoms with Crippen LogP contribution in [0.3, 0.4) is 0 Å². The highest BCUT2D eigenvalue weighted by molar-refractivity contribution is 5.73. The first kappa shape index (κ1) is 15.1. The molecular formula is C11H19NO6. The van der Waals surface area contributed by atoms with E-state index in [4.69, 9.17) is 14.6 Å². The third-order valence-electron chi connectivity index (χ3n) is 2.63. The lowest BCUT2D eigenvalue weighted by molar-refractivity contribution is -0.267. The Bertz CT molecular complexity index is 297. The van der Waals surface area contributed by atoms with Gasteiger partial charge >= 0.3 is 0 Å². The first-order chi connectivity index (χ1) is 8.51. The Morgan fingerprint density at radius 1 is 1.50 bits per heavy atom. The molecule has 0 bridgehead atoms. The van der Waals surface area contributed by atoms with Crippen molar-refractivity contribution in [3.63, 3.8) is 0 Å². The van der Waals surface area contributed by atoms with Gasteiger partial charge in [0.1, 0.15) is 24.4 Å². The summed E-state index contributed by atoms with van der Waals surface area (Å²) in [6.07, 6.45) is -3.01. The minimum absolute atomic E-state index is 0.154. The van der Waals surface area contributed by atoms with Crippen LogP contribution in [0.25, 0.3) is 0 Å². The fourth-order valence-electron chi connectivity index (χ4n) is 1.78. The highest BCUT2D eigenvalue weighted by Gasteiger charge is 2.45. The minimum atomic E-state index is -1.30. The Hall–Kier alpha value is -0.990. The molecule has 1 saturated heterocycles. The van der Waals surface area contributed by atoms with Gasteiger partial charge in [-0.2, -0.15) is 0 Å². The zero-order valence-corrected chi connectivity index (χ0v) is 10.2. The summed E-state index contributed by atoms with van der Waals surface area (Å²) in [6, 6.07) is -0.903. The third kappa shape index (κ3) is 3.50. The monoisotopic (exact) mass is 261 g/mol. The number of rotatable bonds is 5. The Morgan fingerprint density at radius 3 is 2.67 bits per heavy atom. The first-order valence-electron chi connectivity index (χ1n) is 5.63. The minimum Gasteiger partial charge on any atom is -0.394 e. The standard InChI is InChI=1S/C11H19NO6/c1-3-4-17-11-8(12-6(2)14)10(16)9(15)7(5-13)18-11/h3,7-11,13,15-16H,1,4-5H2,2H3,(H,12,14)/t7-,8+,9-,10-,11?/m1/s1. The van der Waals surface area contributed by atoms with Gasteiger partial charge in [0.05, 0.1) is 13.2 Å². The predicted octanol–water partition coefficient (Wildman–Crippen LogP) is -1.87. The lowest BCUT2D eigenvalue weighted by Crippen LogP contribution is -2.64. The van der Waals surface area contributed by atoms with Crippen LogP contribution in [-0.2, 0) is 14.3 Å². The molecule has 104 valence electrons. The van der Waals surface area contributed by atoms with Crippen molar-refractivity contribution in [3.05, 3.63) is 12.7 Å². The van der Waals surface area contributed by atoms with Gasteiger partial charge < -0.3 is 30.1 Å². The van der Waals surface area contributed by atoms with Crippen LogP contribution in [0.2, 0.25) is 0 Å². The van der Waals surface area contributed by atoms with Crippen LogP contribution < -0.4 is 5.32 Å². The Morgan fingerprint density at radius 2 is 2.17 bits per heavy atom. The molecule has 1 aliphatic heterocycles. The number of nitrogens with one attached hydrogen (secondary N) is 1. The van der Waals surface area contributed by atoms with Crippen LogP contribution in [0, 0.1) is 0 Å². The molecule has 0 spiro atoms. The SMILES string of the molecule is C=CCOC1O[C@H](CO)[C@@H](O)[C@H](O)[C@@H]1NC(C)=O. The zero-order chi connectivity index (χ0) is 13.7. The van der Waals surface area contributed by atoms with E-state index < -0.39 is 37.3 Å². The van der Waals surface area contributed by atoms with Crippen molar-refractivity contribution in [2.75, 3.05) is 13.2 Å². The van der Waals surface area contributed by atoms with E-state index in [9.17, 15) is 15.0 Å². The molecule has 0 aromatic heterocycles. The lowest BCUT2D eigenvalue weighted by Gasteiger charge is -2.42. The Balaban J connectivity index is 2.79. The van der Waals surface area contributed by atoms with E-state index in [2.05, 4.69) is 11.9 Å². The summed E-state index contributed by atoms with van der Waals surface area (Å²) in [4.78, 5) is 11.1. The normalized spacial score (nSPS) is 36.1. The van der Waals surface area contributed by atoms with Gasteiger partial charge in [0, 0.05) is 6.92 Å². The van der Waals surface area contributed by atoms with Gasteiger partial charge in [-0.1, -0.05) is 6.08 Å². The second-order valence-corrected chi connectivity index (χ2v) is 4.05. The molecule has 0 aromatic rings. The number of aliphatic hydroxyl groups is 3. The van der Waals surface area contributed by atoms with Crippen molar-refractivity contribution >= 4 is 5.91 Å². The third-order valence-corrected chi connectivity index (χ3v) is 2.63. The number of amides is 1. The highest BCUT2D eigenvalue weighted by Crippen LogP contribution is 2.22. The van der Waals surface area contributed by atoms with Crippen molar-refractivity contribution in [1.29, 1.82) is 0 Å². The molecule has 7 heteroatoms. The van der Waals surface area contributed by atoms with Crippen LogP contribution in [0.5, 0.6) is 0 Å². The van der Waals surface area contributed by atoms with Gasteiger partial charge in [0.2, 0.25) is 5.91 Å². The molecule has 1 fully saturated rings. The van der Waals surface area contributed by atoms with E-state index in [0.29, 0.717) is 0 Å². The second-order valence-electron chi connectivity index (χ2n) is 4.05. The zero-order valence-electron chi connectivity index (χ0n) is 10.2. The van der Waals surface area contributed by atoms with Crippen LogP contribution in [0.1, 0.15) is 6.92 Å². The largest absolute Gasteiger partial charge is 0.394 e. The van der Waals surface area contributed by atoms with Crippen molar-refractivity contribution in [2.24, 2.45) is 0 Å². The van der Waals surface area contributed by atoms with Gasteiger partial charge in [0.15, 0.2) is 6.29 Å². The topological polar surface area (TPSA) is 108 Å². The van der Waals surface area contributed by atoms with Crippen LogP contribution in [0.15, 0.2) is 12.7 Å². The quantitative estimate of drug-likeness (QED) is 0.432. The van der Waals surface area contributed by atoms with Crippen LogP contribution in [-0.4, -0.2) is 65.1 Å². The molecule has 1 rings (SSSR count). The highest BCUT2D eigenvalue weighted by atomic mass is 16.7. The number of carbonyl (C=O) groups excluding carboxylic acids is 1. The van der Waals surface area contributed by atoms with Gasteiger partial charge in [0.25, 0.3) is 0 Å². The average molecular weight is 261 g/mol. The number of ether oxygens (including phenoxy) is 2. The summed E-state index contributed by atoms with van der Waals surface area (Å²) in [5.41, 5.74) is 0. The smallest absolute Gasteiger partial charge is 0.217 e. The molecule has 1 unspecified atom stereocenters. The molecule has 1 heterocycles. The maximum Gasteiger partial charge on any atom is 0.217 e. The van der Waals surface area contributed by atoms with E-state index in [1.807, 2.05) is 0 Å². The van der Waals surface area contributed by atoms with E-state index in [0.717, 1.165) is 0 Å². The maximum absolute atomic E-state index is 11.1. The molecule has 18 heavy (non-hydrogen) atoms. The molecular weight excluding hydrogens is 242 g/mol.